The number of benzene rings is 1. The molecule has 0 heterocycles. The van der Waals surface area contributed by atoms with Crippen LogP contribution in [-0.2, 0) is 16.1 Å². The van der Waals surface area contributed by atoms with E-state index < -0.39 is 18.5 Å². The molecular formula is C13H17NO6. The lowest BCUT2D eigenvalue weighted by molar-refractivity contribution is -0.139. The third-order valence-corrected chi connectivity index (χ3v) is 2.45. The molecule has 0 fully saturated rings. The molecule has 0 unspecified atom stereocenters. The number of carbonyl (C=O) groups is 2. The summed E-state index contributed by atoms with van der Waals surface area (Å²) in [5.41, 5.74) is 0.705. The molecule has 7 heteroatoms. The van der Waals surface area contributed by atoms with Gasteiger partial charge in [-0.15, -0.1) is 0 Å². The van der Waals surface area contributed by atoms with E-state index in [4.69, 9.17) is 19.7 Å². The van der Waals surface area contributed by atoms with E-state index in [9.17, 15) is 9.59 Å². The average Bonchev–Trinajstić information content (AvgIpc) is 2.41. The molecule has 1 aromatic carbocycles. The molecule has 1 rings (SSSR count). The van der Waals surface area contributed by atoms with Crippen LogP contribution >= 0.6 is 0 Å². The molecule has 3 N–H and O–H groups in total. The second-order valence-corrected chi connectivity index (χ2v) is 3.95. The van der Waals surface area contributed by atoms with Crippen LogP contribution in [0.15, 0.2) is 18.2 Å². The van der Waals surface area contributed by atoms with Crippen molar-refractivity contribution >= 4 is 11.9 Å². The summed E-state index contributed by atoms with van der Waals surface area (Å²) in [4.78, 5) is 21.0. The van der Waals surface area contributed by atoms with Crippen molar-refractivity contribution in [3.63, 3.8) is 0 Å². The maximum Gasteiger partial charge on any atom is 0.341 e. The molecule has 20 heavy (non-hydrogen) atoms. The maximum absolute atomic E-state index is 10.6. The van der Waals surface area contributed by atoms with Gasteiger partial charge in [-0.1, -0.05) is 12.1 Å². The summed E-state index contributed by atoms with van der Waals surface area (Å²) in [6.45, 7) is 0.201. The highest BCUT2D eigenvalue weighted by Crippen LogP contribution is 2.30. The minimum absolute atomic E-state index is 0.00921. The van der Waals surface area contributed by atoms with E-state index in [1.165, 1.54) is 7.11 Å². The third kappa shape index (κ3) is 5.15. The Labute approximate surface area is 116 Å². The Kier molecular flexibility index (Phi) is 6.31. The van der Waals surface area contributed by atoms with Gasteiger partial charge < -0.3 is 25.0 Å². The molecule has 0 aliphatic carbocycles. The van der Waals surface area contributed by atoms with Gasteiger partial charge in [0.2, 0.25) is 0 Å². The van der Waals surface area contributed by atoms with Crippen LogP contribution in [0.25, 0.3) is 0 Å². The third-order valence-electron chi connectivity index (χ3n) is 2.45. The topological polar surface area (TPSA) is 105 Å². The molecule has 110 valence electrons. The number of nitrogens with one attached hydrogen (secondary N) is 1. The van der Waals surface area contributed by atoms with Crippen molar-refractivity contribution in [1.82, 2.24) is 5.32 Å². The van der Waals surface area contributed by atoms with Gasteiger partial charge in [0.25, 0.3) is 0 Å². The predicted octanol–water partition coefficient (Wildman–Crippen LogP) is 0.723. The zero-order chi connectivity index (χ0) is 15.0. The summed E-state index contributed by atoms with van der Waals surface area (Å²) < 4.78 is 10.3. The number of hydrogen-bond acceptors (Lipinski definition) is 5. The van der Waals surface area contributed by atoms with Gasteiger partial charge in [0.1, 0.15) is 0 Å². The number of carboxylic acid groups (broad SMARTS) is 2. The SMILES string of the molecule is COc1cccc(CNCCC(=O)O)c1OCC(=O)O. The molecule has 0 radical (unpaired) electrons. The monoisotopic (exact) mass is 283 g/mol. The summed E-state index contributed by atoms with van der Waals surface area (Å²) in [7, 11) is 1.46. The molecule has 0 spiro atoms. The van der Waals surface area contributed by atoms with Gasteiger partial charge >= 0.3 is 11.9 Å². The number of carboxylic acids is 2. The minimum Gasteiger partial charge on any atom is -0.493 e. The summed E-state index contributed by atoms with van der Waals surface area (Å²) in [6, 6.07) is 5.17. The first-order valence-electron chi connectivity index (χ1n) is 5.97. The summed E-state index contributed by atoms with van der Waals surface area (Å²) in [5.74, 6) is -1.19. The van der Waals surface area contributed by atoms with Gasteiger partial charge in [-0.2, -0.15) is 0 Å². The van der Waals surface area contributed by atoms with Crippen molar-refractivity contribution in [3.05, 3.63) is 23.8 Å². The Morgan fingerprint density at radius 2 is 2.00 bits per heavy atom. The Bertz CT molecular complexity index is 474. The van der Waals surface area contributed by atoms with Crippen molar-refractivity contribution in [2.75, 3.05) is 20.3 Å². The van der Waals surface area contributed by atoms with Crippen molar-refractivity contribution in [3.8, 4) is 11.5 Å². The van der Waals surface area contributed by atoms with Crippen molar-refractivity contribution in [1.29, 1.82) is 0 Å². The number of rotatable bonds is 9. The molecule has 0 atom stereocenters. The maximum atomic E-state index is 10.6. The molecule has 7 nitrogen and oxygen atoms in total. The summed E-state index contributed by atoms with van der Waals surface area (Å²) in [5, 5.41) is 20.1. The van der Waals surface area contributed by atoms with Crippen LogP contribution in [0.2, 0.25) is 0 Å². The van der Waals surface area contributed by atoms with E-state index in [-0.39, 0.29) is 6.42 Å². The van der Waals surface area contributed by atoms with Crippen LogP contribution < -0.4 is 14.8 Å². The fraction of sp³-hybridized carbons (Fsp3) is 0.385. The fourth-order valence-corrected chi connectivity index (χ4v) is 1.58. The molecule has 0 amide bonds. The average molecular weight is 283 g/mol. The summed E-state index contributed by atoms with van der Waals surface area (Å²) in [6.07, 6.45) is 0.00921. The molecule has 0 saturated heterocycles. The predicted molar refractivity (Wildman–Crippen MR) is 70.1 cm³/mol. The summed E-state index contributed by atoms with van der Waals surface area (Å²) >= 11 is 0. The molecular weight excluding hydrogens is 266 g/mol. The van der Waals surface area contributed by atoms with Gasteiger partial charge in [0.05, 0.1) is 13.5 Å². The van der Waals surface area contributed by atoms with Crippen LogP contribution in [0.1, 0.15) is 12.0 Å². The van der Waals surface area contributed by atoms with Gasteiger partial charge in [0, 0.05) is 18.7 Å². The fourth-order valence-electron chi connectivity index (χ4n) is 1.58. The molecule has 0 bridgehead atoms. The van der Waals surface area contributed by atoms with E-state index in [2.05, 4.69) is 5.32 Å². The number of methoxy groups -OCH3 is 1. The second-order valence-electron chi connectivity index (χ2n) is 3.95. The number of aliphatic carboxylic acids is 2. The van der Waals surface area contributed by atoms with Crippen molar-refractivity contribution < 1.29 is 29.3 Å². The van der Waals surface area contributed by atoms with Gasteiger partial charge in [0.15, 0.2) is 18.1 Å². The van der Waals surface area contributed by atoms with Crippen LogP contribution in [0.5, 0.6) is 11.5 Å². The van der Waals surface area contributed by atoms with E-state index in [1.54, 1.807) is 18.2 Å². The first-order valence-corrected chi connectivity index (χ1v) is 5.97. The van der Waals surface area contributed by atoms with Gasteiger partial charge in [-0.05, 0) is 6.07 Å². The molecule has 0 saturated carbocycles. The highest BCUT2D eigenvalue weighted by atomic mass is 16.5. The van der Waals surface area contributed by atoms with E-state index in [1.807, 2.05) is 0 Å². The second kappa shape index (κ2) is 8.00. The van der Waals surface area contributed by atoms with Crippen LogP contribution in [0, 0.1) is 0 Å². The molecule has 1 aromatic rings. The van der Waals surface area contributed by atoms with E-state index in [0.717, 1.165) is 0 Å². The van der Waals surface area contributed by atoms with Gasteiger partial charge in [-0.3, -0.25) is 4.79 Å². The Morgan fingerprint density at radius 3 is 2.60 bits per heavy atom. The largest absolute Gasteiger partial charge is 0.493 e. The van der Waals surface area contributed by atoms with Crippen LogP contribution in [-0.4, -0.2) is 42.4 Å². The Morgan fingerprint density at radius 1 is 1.25 bits per heavy atom. The first-order chi connectivity index (χ1) is 9.54. The standard InChI is InChI=1S/C13H17NO6/c1-19-10-4-2-3-9(7-14-6-5-11(15)16)13(10)20-8-12(17)18/h2-4,14H,5-8H2,1H3,(H,15,16)(H,17,18). The molecule has 0 aliphatic rings. The minimum atomic E-state index is -1.08. The van der Waals surface area contributed by atoms with E-state index >= 15 is 0 Å². The highest BCUT2D eigenvalue weighted by Gasteiger charge is 2.12. The molecule has 0 aromatic heterocycles. The lowest BCUT2D eigenvalue weighted by atomic mass is 10.2. The zero-order valence-corrected chi connectivity index (χ0v) is 11.1. The lowest BCUT2D eigenvalue weighted by Crippen LogP contribution is -2.19. The van der Waals surface area contributed by atoms with Crippen LogP contribution in [0.4, 0.5) is 0 Å². The quantitative estimate of drug-likeness (QED) is 0.573. The van der Waals surface area contributed by atoms with Crippen LogP contribution in [0.3, 0.4) is 0 Å². The number of hydrogen-bond donors (Lipinski definition) is 3. The number of ether oxygens (including phenoxy) is 2. The van der Waals surface area contributed by atoms with Crippen molar-refractivity contribution in [2.24, 2.45) is 0 Å². The Hall–Kier alpha value is -2.28. The molecule has 0 aliphatic heterocycles. The van der Waals surface area contributed by atoms with E-state index in [0.29, 0.717) is 30.2 Å². The number of para-hydroxylation sites is 1. The zero-order valence-electron chi connectivity index (χ0n) is 11.1. The first kappa shape index (κ1) is 15.8. The van der Waals surface area contributed by atoms with Crippen molar-refractivity contribution in [2.45, 2.75) is 13.0 Å². The highest BCUT2D eigenvalue weighted by molar-refractivity contribution is 5.69. The van der Waals surface area contributed by atoms with Gasteiger partial charge in [-0.25, -0.2) is 4.79 Å². The smallest absolute Gasteiger partial charge is 0.341 e. The lowest BCUT2D eigenvalue weighted by Gasteiger charge is -2.14. The normalized spacial score (nSPS) is 10.1. The Balaban J connectivity index is 2.72.